The minimum atomic E-state index is -3.82. The molecule has 8 heteroatoms. The average molecular weight is 431 g/mol. The maximum atomic E-state index is 12.8. The zero-order valence-corrected chi connectivity index (χ0v) is 17.9. The van der Waals surface area contributed by atoms with Gasteiger partial charge in [0.2, 0.25) is 0 Å². The molecule has 160 valence electrons. The Morgan fingerprint density at radius 3 is 2.23 bits per heavy atom. The summed E-state index contributed by atoms with van der Waals surface area (Å²) in [6.45, 7) is 1.88. The number of nitrogens with one attached hydrogen (secondary N) is 2. The van der Waals surface area contributed by atoms with Crippen LogP contribution in [0.1, 0.15) is 41.6 Å². The number of para-hydroxylation sites is 1. The molecule has 0 spiro atoms. The van der Waals surface area contributed by atoms with E-state index in [0.717, 1.165) is 5.56 Å². The number of benzene rings is 2. The number of carbonyl (C=O) groups excluding carboxylic acids is 2. The fourth-order valence-electron chi connectivity index (χ4n) is 3.59. The van der Waals surface area contributed by atoms with Crippen LogP contribution in [0.15, 0.2) is 53.4 Å². The molecule has 7 nitrogen and oxygen atoms in total. The highest BCUT2D eigenvalue weighted by atomic mass is 32.2. The highest BCUT2D eigenvalue weighted by molar-refractivity contribution is 7.92. The molecule has 2 aromatic carbocycles. The maximum Gasteiger partial charge on any atom is 0.308 e. The molecular weight excluding hydrogens is 404 g/mol. The van der Waals surface area contributed by atoms with Gasteiger partial charge in [0, 0.05) is 6.04 Å². The number of ether oxygens (including phenoxy) is 1. The first-order valence-electron chi connectivity index (χ1n) is 9.87. The SMILES string of the molecule is COC(=O)[C@H]1CC[C@H](NC(=O)c2ccccc2NS(=O)(=O)c2ccc(C)cc2)CC1. The number of hydrogen-bond donors (Lipinski definition) is 2. The standard InChI is InChI=1S/C22H26N2O5S/c1-15-7-13-18(14-8-15)30(27,28)24-20-6-4-3-5-19(20)21(25)23-17-11-9-16(10-12-17)22(26)29-2/h3-8,13-14,16-17,24H,9-12H2,1-2H3,(H,23,25)/t16-,17-. The van der Waals surface area contributed by atoms with E-state index in [4.69, 9.17) is 4.74 Å². The lowest BCUT2D eigenvalue weighted by atomic mass is 9.86. The van der Waals surface area contributed by atoms with E-state index in [0.29, 0.717) is 25.7 Å². The molecule has 1 amide bonds. The molecule has 1 aliphatic carbocycles. The molecule has 0 aromatic heterocycles. The van der Waals surface area contributed by atoms with Crippen LogP contribution in [-0.2, 0) is 19.6 Å². The van der Waals surface area contributed by atoms with Crippen molar-refractivity contribution in [3.63, 3.8) is 0 Å². The Kier molecular flexibility index (Phi) is 6.77. The summed E-state index contributed by atoms with van der Waals surface area (Å²) in [5.74, 6) is -0.689. The van der Waals surface area contributed by atoms with Crippen molar-refractivity contribution in [1.29, 1.82) is 0 Å². The van der Waals surface area contributed by atoms with Gasteiger partial charge >= 0.3 is 5.97 Å². The lowest BCUT2D eigenvalue weighted by Crippen LogP contribution is -2.39. The van der Waals surface area contributed by atoms with Crippen LogP contribution in [0.4, 0.5) is 5.69 Å². The number of anilines is 1. The Morgan fingerprint density at radius 2 is 1.60 bits per heavy atom. The lowest BCUT2D eigenvalue weighted by molar-refractivity contribution is -0.146. The predicted octanol–water partition coefficient (Wildman–Crippen LogP) is 3.26. The second-order valence-corrected chi connectivity index (χ2v) is 9.19. The first kappa shape index (κ1) is 21.8. The highest BCUT2D eigenvalue weighted by Crippen LogP contribution is 2.26. The van der Waals surface area contributed by atoms with Gasteiger partial charge in [-0.3, -0.25) is 14.3 Å². The molecule has 30 heavy (non-hydrogen) atoms. The largest absolute Gasteiger partial charge is 0.469 e. The maximum absolute atomic E-state index is 12.8. The molecule has 0 bridgehead atoms. The van der Waals surface area contributed by atoms with Gasteiger partial charge in [-0.2, -0.15) is 0 Å². The topological polar surface area (TPSA) is 102 Å². The van der Waals surface area contributed by atoms with Crippen LogP contribution >= 0.6 is 0 Å². The Morgan fingerprint density at radius 1 is 0.967 bits per heavy atom. The van der Waals surface area contributed by atoms with Gasteiger partial charge in [-0.25, -0.2) is 8.42 Å². The molecule has 2 aromatic rings. The number of sulfonamides is 1. The molecule has 1 aliphatic rings. The van der Waals surface area contributed by atoms with Crippen molar-refractivity contribution in [3.8, 4) is 0 Å². The minimum absolute atomic E-state index is 0.0693. The van der Waals surface area contributed by atoms with E-state index in [2.05, 4.69) is 10.0 Å². The van der Waals surface area contributed by atoms with Gasteiger partial charge in [0.15, 0.2) is 0 Å². The predicted molar refractivity (Wildman–Crippen MR) is 114 cm³/mol. The van der Waals surface area contributed by atoms with Gasteiger partial charge < -0.3 is 10.1 Å². The van der Waals surface area contributed by atoms with E-state index in [1.807, 2.05) is 6.92 Å². The van der Waals surface area contributed by atoms with Crippen LogP contribution in [0, 0.1) is 12.8 Å². The van der Waals surface area contributed by atoms with E-state index < -0.39 is 10.0 Å². The summed E-state index contributed by atoms with van der Waals surface area (Å²) in [5, 5.41) is 2.96. The summed E-state index contributed by atoms with van der Waals surface area (Å²) in [6, 6.07) is 12.9. The number of amides is 1. The molecule has 0 radical (unpaired) electrons. The van der Waals surface area contributed by atoms with Gasteiger partial charge in [-0.1, -0.05) is 29.8 Å². The zero-order chi connectivity index (χ0) is 21.7. The Hall–Kier alpha value is -2.87. The summed E-state index contributed by atoms with van der Waals surface area (Å²) in [4.78, 5) is 24.6. The number of carbonyl (C=O) groups is 2. The zero-order valence-electron chi connectivity index (χ0n) is 17.1. The van der Waals surface area contributed by atoms with Crippen LogP contribution in [0.25, 0.3) is 0 Å². The van der Waals surface area contributed by atoms with Crippen LogP contribution in [0.5, 0.6) is 0 Å². The summed E-state index contributed by atoms with van der Waals surface area (Å²) in [5.41, 5.74) is 1.43. The van der Waals surface area contributed by atoms with Crippen LogP contribution in [-0.4, -0.2) is 33.4 Å². The van der Waals surface area contributed by atoms with E-state index in [1.54, 1.807) is 36.4 Å². The van der Waals surface area contributed by atoms with Crippen LogP contribution in [0.3, 0.4) is 0 Å². The number of methoxy groups -OCH3 is 1. The second kappa shape index (κ2) is 9.30. The summed E-state index contributed by atoms with van der Waals surface area (Å²) < 4.78 is 32.7. The van der Waals surface area contributed by atoms with Crippen LogP contribution < -0.4 is 10.0 Å². The number of rotatable bonds is 6. The molecule has 2 N–H and O–H groups in total. The van der Waals surface area contributed by atoms with E-state index >= 15 is 0 Å². The highest BCUT2D eigenvalue weighted by Gasteiger charge is 2.28. The van der Waals surface area contributed by atoms with Crippen molar-refractivity contribution in [2.24, 2.45) is 5.92 Å². The quantitative estimate of drug-likeness (QED) is 0.685. The lowest BCUT2D eigenvalue weighted by Gasteiger charge is -2.27. The van der Waals surface area contributed by atoms with Gasteiger partial charge in [0.25, 0.3) is 15.9 Å². The van der Waals surface area contributed by atoms with Crippen molar-refractivity contribution in [2.75, 3.05) is 11.8 Å². The molecule has 1 fully saturated rings. The fraction of sp³-hybridized carbons (Fsp3) is 0.364. The van der Waals surface area contributed by atoms with Crippen molar-refractivity contribution in [1.82, 2.24) is 5.32 Å². The van der Waals surface area contributed by atoms with E-state index in [9.17, 15) is 18.0 Å². The van der Waals surface area contributed by atoms with E-state index in [-0.39, 0.29) is 40.0 Å². The third-order valence-corrected chi connectivity index (χ3v) is 6.73. The Bertz CT molecular complexity index is 1010. The molecule has 0 aliphatic heterocycles. The molecule has 0 saturated heterocycles. The normalized spacial score (nSPS) is 19.0. The number of esters is 1. The van der Waals surface area contributed by atoms with Crippen molar-refractivity contribution in [2.45, 2.75) is 43.5 Å². The summed E-state index contributed by atoms with van der Waals surface area (Å²) in [7, 11) is -2.44. The van der Waals surface area contributed by atoms with Crippen LogP contribution in [0.2, 0.25) is 0 Å². The number of aryl methyl sites for hydroxylation is 1. The van der Waals surface area contributed by atoms with Crippen molar-refractivity contribution >= 4 is 27.6 Å². The van der Waals surface area contributed by atoms with Crippen molar-refractivity contribution in [3.05, 3.63) is 59.7 Å². The average Bonchev–Trinajstić information content (AvgIpc) is 2.74. The van der Waals surface area contributed by atoms with Gasteiger partial charge in [-0.05, 0) is 56.9 Å². The molecular formula is C22H26N2O5S. The third-order valence-electron chi connectivity index (χ3n) is 5.34. The summed E-state index contributed by atoms with van der Waals surface area (Å²) >= 11 is 0. The monoisotopic (exact) mass is 430 g/mol. The van der Waals surface area contributed by atoms with Gasteiger partial charge in [-0.15, -0.1) is 0 Å². The molecule has 0 unspecified atom stereocenters. The van der Waals surface area contributed by atoms with Gasteiger partial charge in [0.1, 0.15) is 0 Å². The number of hydrogen-bond acceptors (Lipinski definition) is 5. The summed E-state index contributed by atoms with van der Waals surface area (Å²) in [6.07, 6.45) is 2.64. The molecule has 3 rings (SSSR count). The smallest absolute Gasteiger partial charge is 0.308 e. The molecule has 0 heterocycles. The fourth-order valence-corrected chi connectivity index (χ4v) is 4.67. The van der Waals surface area contributed by atoms with Crippen molar-refractivity contribution < 1.29 is 22.7 Å². The molecule has 1 saturated carbocycles. The minimum Gasteiger partial charge on any atom is -0.469 e. The Balaban J connectivity index is 1.70. The first-order valence-corrected chi connectivity index (χ1v) is 11.4. The first-order chi connectivity index (χ1) is 14.3. The molecule has 0 atom stereocenters. The van der Waals surface area contributed by atoms with E-state index in [1.165, 1.54) is 19.2 Å². The van der Waals surface area contributed by atoms with Gasteiger partial charge in [0.05, 0.1) is 29.2 Å². The second-order valence-electron chi connectivity index (χ2n) is 7.51. The third kappa shape index (κ3) is 5.18. The Labute approximate surface area is 176 Å².